The second kappa shape index (κ2) is 7.13. The Morgan fingerprint density at radius 1 is 1.35 bits per heavy atom. The number of hydrogen-bond donors (Lipinski definition) is 2. The highest BCUT2D eigenvalue weighted by atomic mass is 35.5. The van der Waals surface area contributed by atoms with Gasteiger partial charge in [0.25, 0.3) is 0 Å². The Hall–Kier alpha value is -1.01. The summed E-state index contributed by atoms with van der Waals surface area (Å²) in [6.07, 6.45) is -1.07. The average molecular weight is 310 g/mol. The summed E-state index contributed by atoms with van der Waals surface area (Å²) in [5, 5.41) is 6.39. The second-order valence-corrected chi connectivity index (χ2v) is 4.90. The van der Waals surface area contributed by atoms with E-state index in [0.29, 0.717) is 18.2 Å². The topological polar surface area (TPSA) is 37.0 Å². The van der Waals surface area contributed by atoms with Crippen molar-refractivity contribution in [2.75, 3.05) is 25.0 Å². The largest absolute Gasteiger partial charge is 0.433 e. The number of nitrogens with zero attached hydrogens (tertiary/aromatic N) is 1. The highest BCUT2D eigenvalue weighted by Gasteiger charge is 2.35. The number of halogens is 4. The molecule has 1 aromatic rings. The van der Waals surface area contributed by atoms with Crippen molar-refractivity contribution in [1.29, 1.82) is 0 Å². The Balaban J connectivity index is 0.00000200. The molecule has 1 saturated heterocycles. The molecule has 0 bridgehead atoms. The molecule has 3 nitrogen and oxygen atoms in total. The lowest BCUT2D eigenvalue weighted by molar-refractivity contribution is -0.141. The normalized spacial score (nSPS) is 16.6. The first-order chi connectivity index (χ1) is 8.98. The van der Waals surface area contributed by atoms with Crippen molar-refractivity contribution in [3.8, 4) is 0 Å². The van der Waals surface area contributed by atoms with E-state index in [2.05, 4.69) is 15.6 Å². The van der Waals surface area contributed by atoms with Crippen LogP contribution in [0.3, 0.4) is 0 Å². The molecule has 20 heavy (non-hydrogen) atoms. The third-order valence-corrected chi connectivity index (χ3v) is 3.51. The fraction of sp³-hybridized carbons (Fsp3) is 0.615. The number of aromatic nitrogens is 1. The maximum absolute atomic E-state index is 12.7. The lowest BCUT2D eigenvalue weighted by Gasteiger charge is -2.24. The van der Waals surface area contributed by atoms with Crippen molar-refractivity contribution in [1.82, 2.24) is 10.3 Å². The van der Waals surface area contributed by atoms with E-state index in [-0.39, 0.29) is 18.0 Å². The third-order valence-electron chi connectivity index (χ3n) is 3.51. The second-order valence-electron chi connectivity index (χ2n) is 4.90. The summed E-state index contributed by atoms with van der Waals surface area (Å²) < 4.78 is 38.2. The highest BCUT2D eigenvalue weighted by molar-refractivity contribution is 5.85. The van der Waals surface area contributed by atoms with Crippen LogP contribution >= 0.6 is 12.4 Å². The average Bonchev–Trinajstić information content (AvgIpc) is 2.37. The van der Waals surface area contributed by atoms with Crippen molar-refractivity contribution < 1.29 is 13.2 Å². The minimum atomic E-state index is -4.39. The molecule has 0 aromatic carbocycles. The zero-order valence-corrected chi connectivity index (χ0v) is 12.1. The Morgan fingerprint density at radius 2 is 2.00 bits per heavy atom. The zero-order valence-electron chi connectivity index (χ0n) is 11.3. The van der Waals surface area contributed by atoms with Crippen molar-refractivity contribution in [3.63, 3.8) is 0 Å². The molecule has 1 aliphatic rings. The maximum Gasteiger partial charge on any atom is 0.433 e. The number of rotatable bonds is 3. The van der Waals surface area contributed by atoms with Crippen LogP contribution < -0.4 is 10.6 Å². The SMILES string of the molecule is Cc1c(NCC2CCNCC2)ccnc1C(F)(F)F.Cl. The van der Waals surface area contributed by atoms with Gasteiger partial charge in [-0.3, -0.25) is 4.98 Å². The van der Waals surface area contributed by atoms with Gasteiger partial charge in [-0.05, 0) is 44.8 Å². The Labute approximate surface area is 122 Å². The molecule has 0 unspecified atom stereocenters. The van der Waals surface area contributed by atoms with Gasteiger partial charge in [-0.2, -0.15) is 13.2 Å². The first-order valence-corrected chi connectivity index (χ1v) is 6.46. The summed E-state index contributed by atoms with van der Waals surface area (Å²) >= 11 is 0. The molecule has 1 aliphatic heterocycles. The number of anilines is 1. The molecule has 0 radical (unpaired) electrons. The summed E-state index contributed by atoms with van der Waals surface area (Å²) in [5.41, 5.74) is -0.104. The van der Waals surface area contributed by atoms with E-state index >= 15 is 0 Å². The molecule has 0 saturated carbocycles. The lowest BCUT2D eigenvalue weighted by atomic mass is 9.98. The van der Waals surface area contributed by atoms with E-state index in [1.807, 2.05) is 0 Å². The van der Waals surface area contributed by atoms with E-state index in [1.54, 1.807) is 6.07 Å². The van der Waals surface area contributed by atoms with Crippen LogP contribution in [0.25, 0.3) is 0 Å². The first-order valence-electron chi connectivity index (χ1n) is 6.46. The molecular formula is C13H19ClF3N3. The molecule has 1 fully saturated rings. The van der Waals surface area contributed by atoms with Gasteiger partial charge in [-0.15, -0.1) is 12.4 Å². The molecule has 0 atom stereocenters. The van der Waals surface area contributed by atoms with Crippen LogP contribution in [0, 0.1) is 12.8 Å². The number of nitrogens with one attached hydrogen (secondary N) is 2. The smallest absolute Gasteiger partial charge is 0.384 e. The van der Waals surface area contributed by atoms with E-state index in [4.69, 9.17) is 0 Å². The predicted molar refractivity (Wildman–Crippen MR) is 75.3 cm³/mol. The van der Waals surface area contributed by atoms with E-state index < -0.39 is 11.9 Å². The van der Waals surface area contributed by atoms with E-state index in [1.165, 1.54) is 13.1 Å². The maximum atomic E-state index is 12.7. The number of alkyl halides is 3. The quantitative estimate of drug-likeness (QED) is 0.900. The Morgan fingerprint density at radius 3 is 2.60 bits per heavy atom. The predicted octanol–water partition coefficient (Wildman–Crippen LogP) is 3.24. The number of pyridine rings is 1. The lowest BCUT2D eigenvalue weighted by Crippen LogP contribution is -2.31. The molecule has 0 aliphatic carbocycles. The standard InChI is InChI=1S/C13H18F3N3.ClH/c1-9-11(4-7-18-12(9)13(14,15)16)19-8-10-2-5-17-6-3-10;/h4,7,10,17H,2-3,5-6,8H2,1H3,(H,18,19);1H. The van der Waals surface area contributed by atoms with Gasteiger partial charge < -0.3 is 10.6 Å². The van der Waals surface area contributed by atoms with E-state index in [0.717, 1.165) is 25.9 Å². The van der Waals surface area contributed by atoms with Crippen LogP contribution in [0.15, 0.2) is 12.3 Å². The van der Waals surface area contributed by atoms with Crippen molar-refractivity contribution in [3.05, 3.63) is 23.5 Å². The molecular weight excluding hydrogens is 291 g/mol. The summed E-state index contributed by atoms with van der Waals surface area (Å²) in [6, 6.07) is 1.60. The first kappa shape index (κ1) is 17.0. The minimum absolute atomic E-state index is 0. The molecule has 1 aromatic heterocycles. The highest BCUT2D eigenvalue weighted by Crippen LogP contribution is 2.32. The number of hydrogen-bond acceptors (Lipinski definition) is 3. The third kappa shape index (κ3) is 4.24. The molecule has 0 spiro atoms. The fourth-order valence-corrected chi connectivity index (χ4v) is 2.35. The summed E-state index contributed by atoms with van der Waals surface area (Å²) in [5.74, 6) is 0.517. The Kier molecular flexibility index (Phi) is 6.07. The minimum Gasteiger partial charge on any atom is -0.384 e. The number of piperidine rings is 1. The Bertz CT molecular complexity index is 431. The van der Waals surface area contributed by atoms with Gasteiger partial charge in [0.2, 0.25) is 0 Å². The molecule has 114 valence electrons. The zero-order chi connectivity index (χ0) is 13.9. The summed E-state index contributed by atoms with van der Waals surface area (Å²) in [6.45, 7) is 4.13. The van der Waals surface area contributed by atoms with Gasteiger partial charge in [-0.1, -0.05) is 0 Å². The van der Waals surface area contributed by atoms with Gasteiger partial charge in [0, 0.05) is 24.0 Å². The summed E-state index contributed by atoms with van der Waals surface area (Å²) in [7, 11) is 0. The molecule has 0 amide bonds. The van der Waals surface area contributed by atoms with Crippen LogP contribution in [-0.4, -0.2) is 24.6 Å². The van der Waals surface area contributed by atoms with Crippen LogP contribution in [0.2, 0.25) is 0 Å². The molecule has 2 N–H and O–H groups in total. The van der Waals surface area contributed by atoms with Crippen LogP contribution in [-0.2, 0) is 6.18 Å². The van der Waals surface area contributed by atoms with Gasteiger partial charge in [0.15, 0.2) is 0 Å². The monoisotopic (exact) mass is 309 g/mol. The van der Waals surface area contributed by atoms with Crippen molar-refractivity contribution in [2.45, 2.75) is 25.9 Å². The van der Waals surface area contributed by atoms with E-state index in [9.17, 15) is 13.2 Å². The van der Waals surface area contributed by atoms with Crippen LogP contribution in [0.1, 0.15) is 24.1 Å². The molecule has 2 rings (SSSR count). The van der Waals surface area contributed by atoms with Crippen molar-refractivity contribution in [2.24, 2.45) is 5.92 Å². The van der Waals surface area contributed by atoms with Crippen molar-refractivity contribution >= 4 is 18.1 Å². The molecule has 7 heteroatoms. The fourth-order valence-electron chi connectivity index (χ4n) is 2.35. The van der Waals surface area contributed by atoms with Gasteiger partial charge >= 0.3 is 6.18 Å². The van der Waals surface area contributed by atoms with Gasteiger partial charge in [0.05, 0.1) is 0 Å². The van der Waals surface area contributed by atoms with Gasteiger partial charge in [0.1, 0.15) is 5.69 Å². The van der Waals surface area contributed by atoms with Gasteiger partial charge in [-0.25, -0.2) is 0 Å². The van der Waals surface area contributed by atoms with Crippen LogP contribution in [0.4, 0.5) is 18.9 Å². The van der Waals surface area contributed by atoms with Crippen LogP contribution in [0.5, 0.6) is 0 Å². The molecule has 2 heterocycles. The summed E-state index contributed by atoms with van der Waals surface area (Å²) in [4.78, 5) is 3.43.